The van der Waals surface area contributed by atoms with Crippen LogP contribution in [0.1, 0.15) is 75.1 Å². The summed E-state index contributed by atoms with van der Waals surface area (Å²) in [5.74, 6) is 0.899. The molecule has 0 bridgehead atoms. The Morgan fingerprint density at radius 2 is 1.56 bits per heavy atom. The molecule has 2 aromatic carbocycles. The van der Waals surface area contributed by atoms with Crippen molar-refractivity contribution < 1.29 is 35.6 Å². The summed E-state index contributed by atoms with van der Waals surface area (Å²) in [5, 5.41) is 11.1. The minimum Gasteiger partial charge on any atom is -0.511 e. The van der Waals surface area contributed by atoms with Gasteiger partial charge in [0.15, 0.2) is 0 Å². The molecule has 2 aromatic heterocycles. The van der Waals surface area contributed by atoms with Gasteiger partial charge in [-0.25, -0.2) is 9.97 Å². The van der Waals surface area contributed by atoms with Crippen LogP contribution in [0.4, 0.5) is 5.69 Å². The van der Waals surface area contributed by atoms with Crippen LogP contribution in [0.2, 0.25) is 0 Å². The molecule has 224 valence electrons. The van der Waals surface area contributed by atoms with E-state index in [-0.39, 0.29) is 43.7 Å². The van der Waals surface area contributed by atoms with E-state index in [4.69, 9.17) is 21.0 Å². The van der Waals surface area contributed by atoms with Gasteiger partial charge in [-0.3, -0.25) is 9.84 Å². The van der Waals surface area contributed by atoms with E-state index in [1.165, 1.54) is 11.1 Å². The van der Waals surface area contributed by atoms with Crippen molar-refractivity contribution >= 4 is 22.5 Å². The van der Waals surface area contributed by atoms with E-state index in [0.717, 1.165) is 10.9 Å². The molecule has 0 amide bonds. The van der Waals surface area contributed by atoms with Gasteiger partial charge >= 0.3 is 0 Å². The third kappa shape index (κ3) is 4.06. The van der Waals surface area contributed by atoms with Crippen LogP contribution in [0.3, 0.4) is 0 Å². The summed E-state index contributed by atoms with van der Waals surface area (Å²) in [4.78, 5) is 17.8. The van der Waals surface area contributed by atoms with Crippen LogP contribution in [0, 0.1) is 33.4 Å². The normalized spacial score (nSPS) is 22.8. The first-order valence-electron chi connectivity index (χ1n) is 14.1. The maximum atomic E-state index is 10.4. The molecule has 3 heterocycles. The molecule has 0 spiro atoms. The molecule has 2 atom stereocenters. The number of ether oxygens (including phenoxy) is 2. The van der Waals surface area contributed by atoms with E-state index in [1.54, 1.807) is 6.07 Å². The van der Waals surface area contributed by atoms with Gasteiger partial charge in [0.25, 0.3) is 0 Å². The molecule has 1 aliphatic heterocycles. The van der Waals surface area contributed by atoms with E-state index in [9.17, 15) is 5.11 Å². The Morgan fingerprint density at radius 3 is 2.21 bits per heavy atom. The summed E-state index contributed by atoms with van der Waals surface area (Å²) in [5.41, 5.74) is 3.92. The first-order valence-corrected chi connectivity index (χ1v) is 14.1. The van der Waals surface area contributed by atoms with Crippen molar-refractivity contribution in [2.45, 2.75) is 84.3 Å². The minimum absolute atomic E-state index is 0. The zero-order chi connectivity index (χ0) is 30.4. The van der Waals surface area contributed by atoms with Gasteiger partial charge in [-0.15, -0.1) is 5.56 Å². The monoisotopic (exact) mass is 754 g/mol. The smallest absolute Gasteiger partial charge is 0.238 e. The predicted molar refractivity (Wildman–Crippen MR) is 164 cm³/mol. The zero-order valence-corrected chi connectivity index (χ0v) is 28.2. The van der Waals surface area contributed by atoms with Crippen LogP contribution < -0.4 is 4.74 Å². The Balaban J connectivity index is 0.00000368. The Kier molecular flexibility index (Phi) is 7.06. The van der Waals surface area contributed by atoms with Crippen molar-refractivity contribution in [3.05, 3.63) is 93.5 Å². The van der Waals surface area contributed by atoms with Gasteiger partial charge in [0.05, 0.1) is 12.1 Å². The van der Waals surface area contributed by atoms with E-state index in [0.29, 0.717) is 39.7 Å². The molecule has 2 aliphatic rings. The fourth-order valence-corrected chi connectivity index (χ4v) is 6.97. The van der Waals surface area contributed by atoms with Crippen molar-refractivity contribution in [2.24, 2.45) is 4.99 Å². The number of aromatic nitrogens is 2. The Bertz CT molecular complexity index is 1890. The van der Waals surface area contributed by atoms with Crippen LogP contribution in [0.5, 0.6) is 17.5 Å². The molecule has 0 saturated carbocycles. The first kappa shape index (κ1) is 30.7. The number of aromatic hydroxyl groups is 1. The quantitative estimate of drug-likeness (QED) is 0.215. The predicted octanol–water partition coefficient (Wildman–Crippen LogP) is 7.96. The molecule has 0 fully saturated rings. The van der Waals surface area contributed by atoms with Crippen LogP contribution in [-0.2, 0) is 36.6 Å². The van der Waals surface area contributed by atoms with E-state index < -0.39 is 11.1 Å². The molecule has 7 nitrogen and oxygen atoms in total. The van der Waals surface area contributed by atoms with Crippen molar-refractivity contribution in [3.63, 3.8) is 0 Å². The molecule has 0 saturated heterocycles. The molecule has 6 rings (SSSR count). The second-order valence-corrected chi connectivity index (χ2v) is 12.9. The molecule has 1 N–H and O–H groups in total. The van der Waals surface area contributed by atoms with Gasteiger partial charge < -0.3 is 14.6 Å². The van der Waals surface area contributed by atoms with Crippen molar-refractivity contribution in [2.75, 3.05) is 0 Å². The summed E-state index contributed by atoms with van der Waals surface area (Å²) >= 11 is 0. The van der Waals surface area contributed by atoms with Crippen LogP contribution >= 0.6 is 0 Å². The van der Waals surface area contributed by atoms with Crippen molar-refractivity contribution in [1.82, 2.24) is 9.97 Å². The fraction of sp³-hybridized carbons (Fsp3) is 0.371. The van der Waals surface area contributed by atoms with E-state index in [1.807, 2.05) is 32.9 Å². The average molecular weight is 755 g/mol. The molecule has 4 aromatic rings. The largest absolute Gasteiger partial charge is 0.511 e. The fourth-order valence-electron chi connectivity index (χ4n) is 6.97. The Morgan fingerprint density at radius 1 is 0.907 bits per heavy atom. The number of benzene rings is 2. The number of aryl methyl sites for hydroxylation is 1. The van der Waals surface area contributed by atoms with Crippen molar-refractivity contribution in [1.29, 1.82) is 0 Å². The van der Waals surface area contributed by atoms with Gasteiger partial charge in [0.2, 0.25) is 11.8 Å². The summed E-state index contributed by atoms with van der Waals surface area (Å²) in [6.45, 7) is 26.8. The number of hydrogen-bond acceptors (Lipinski definition) is 6. The molecule has 43 heavy (non-hydrogen) atoms. The standard InChI is InChI=1S/C35H35N4O3.Pt/c1-19-17-22-15-16-27(38-29(22)30(40)37-19)41-26-18-23(20(2)28(36-10)21(26)3)31-39-34(8)32(4,5)24-13-11-12-14-25(24)33(6,7)35(34,9)42-31;/h11-17H,1-9H3,(H,37,40);/q-1;/t34-,35?;/m0./s1. The second-order valence-electron chi connectivity index (χ2n) is 12.9. The molecule has 1 unspecified atom stereocenters. The third-order valence-electron chi connectivity index (χ3n) is 10.2. The second kappa shape index (κ2) is 9.89. The molecule has 8 heteroatoms. The number of rotatable bonds is 3. The van der Waals surface area contributed by atoms with Gasteiger partial charge in [0, 0.05) is 54.8 Å². The number of aliphatic imine (C=N–C) groups is 1. The maximum absolute atomic E-state index is 10.4. The zero-order valence-electron chi connectivity index (χ0n) is 25.9. The molecular weight excluding hydrogens is 719 g/mol. The number of nitrogens with zero attached hydrogens (tertiary/aromatic N) is 4. The summed E-state index contributed by atoms with van der Waals surface area (Å²) < 4.78 is 13.2. The van der Waals surface area contributed by atoms with E-state index >= 15 is 0 Å². The van der Waals surface area contributed by atoms with Crippen molar-refractivity contribution in [3.8, 4) is 17.5 Å². The molecular formula is C35H35N4O3Pt-. The van der Waals surface area contributed by atoms with E-state index in [2.05, 4.69) is 86.7 Å². The third-order valence-corrected chi connectivity index (χ3v) is 10.2. The first-order chi connectivity index (χ1) is 19.7. The minimum atomic E-state index is -0.694. The maximum Gasteiger partial charge on any atom is 0.238 e. The van der Waals surface area contributed by atoms with Gasteiger partial charge in [-0.05, 0) is 44.0 Å². The topological polar surface area (TPSA) is 81.2 Å². The Labute approximate surface area is 267 Å². The number of fused-ring (bicyclic) bond motifs is 3. The van der Waals surface area contributed by atoms with Crippen LogP contribution in [-0.4, -0.2) is 32.1 Å². The average Bonchev–Trinajstić information content (AvgIpc) is 3.23. The molecule has 1 aliphatic carbocycles. The van der Waals surface area contributed by atoms with Gasteiger partial charge in [-0.1, -0.05) is 83.0 Å². The van der Waals surface area contributed by atoms with Crippen LogP contribution in [0.15, 0.2) is 47.5 Å². The summed E-state index contributed by atoms with van der Waals surface area (Å²) in [7, 11) is 0. The van der Waals surface area contributed by atoms with Crippen LogP contribution in [0.25, 0.3) is 15.7 Å². The molecule has 0 radical (unpaired) electrons. The summed E-state index contributed by atoms with van der Waals surface area (Å²) in [6, 6.07) is 17.4. The van der Waals surface area contributed by atoms with Gasteiger partial charge in [-0.2, -0.15) is 0 Å². The Hall–Kier alpha value is -3.75. The summed E-state index contributed by atoms with van der Waals surface area (Å²) in [6.07, 6.45) is 0. The number of pyridine rings is 2. The number of hydrogen-bond donors (Lipinski definition) is 1. The SMILES string of the molecule is [C-]#[N+]c1c(C)c(Oc2ccc3cc(C)nc(O)c3n2)[c-]c(C2=N[C@@]3(C)C(C)(C)c4ccccc4C(C)(C)C3(C)O2)c1C.[Pt]. The van der Waals surface area contributed by atoms with Gasteiger partial charge in [0.1, 0.15) is 22.7 Å².